The van der Waals surface area contributed by atoms with Gasteiger partial charge in [-0.05, 0) is 30.3 Å². The third kappa shape index (κ3) is 4.30. The maximum absolute atomic E-state index is 12.5. The van der Waals surface area contributed by atoms with Crippen molar-refractivity contribution in [3.63, 3.8) is 0 Å². The van der Waals surface area contributed by atoms with Crippen molar-refractivity contribution in [3.05, 3.63) is 64.2 Å². The fourth-order valence-corrected chi connectivity index (χ4v) is 3.94. The molecule has 0 amide bonds. The molecular weight excluding hydrogens is 376 g/mol. The number of hydrogen-bond donors (Lipinski definition) is 0. The topological polar surface area (TPSA) is 116 Å². The summed E-state index contributed by atoms with van der Waals surface area (Å²) in [5.41, 5.74) is -0.203. The molecule has 0 unspecified atom stereocenters. The number of ether oxygens (including phenoxy) is 2. The van der Waals surface area contributed by atoms with E-state index in [9.17, 15) is 23.3 Å². The van der Waals surface area contributed by atoms with Crippen molar-refractivity contribution < 1.29 is 27.6 Å². The lowest BCUT2D eigenvalue weighted by Crippen LogP contribution is -2.40. The van der Waals surface area contributed by atoms with Gasteiger partial charge in [0.1, 0.15) is 5.75 Å². The molecule has 1 saturated heterocycles. The van der Waals surface area contributed by atoms with E-state index < -0.39 is 20.9 Å². The van der Waals surface area contributed by atoms with E-state index in [1.54, 1.807) is 0 Å². The number of nitro groups is 1. The standard InChI is InChI=1S/C17H16N2O7S/c20-17(13-2-1-3-14(12-13)19(21)22)26-15-4-6-16(7-5-15)27(23,24)18-8-10-25-11-9-18/h1-7,12H,8-11H2. The monoisotopic (exact) mass is 392 g/mol. The molecule has 3 rings (SSSR count). The van der Waals surface area contributed by atoms with E-state index >= 15 is 0 Å². The molecule has 9 nitrogen and oxygen atoms in total. The zero-order valence-corrected chi connectivity index (χ0v) is 14.9. The highest BCUT2D eigenvalue weighted by Crippen LogP contribution is 2.22. The van der Waals surface area contributed by atoms with Crippen LogP contribution >= 0.6 is 0 Å². The molecule has 0 N–H and O–H groups in total. The Bertz CT molecular complexity index is 952. The smallest absolute Gasteiger partial charge is 0.343 e. The molecule has 0 aliphatic carbocycles. The van der Waals surface area contributed by atoms with Crippen LogP contribution < -0.4 is 4.74 Å². The molecule has 0 bridgehead atoms. The highest BCUT2D eigenvalue weighted by Gasteiger charge is 2.26. The fourth-order valence-electron chi connectivity index (χ4n) is 2.53. The molecule has 27 heavy (non-hydrogen) atoms. The van der Waals surface area contributed by atoms with E-state index in [4.69, 9.17) is 9.47 Å². The molecule has 2 aromatic carbocycles. The normalized spacial score (nSPS) is 15.3. The van der Waals surface area contributed by atoms with Gasteiger partial charge < -0.3 is 9.47 Å². The van der Waals surface area contributed by atoms with Gasteiger partial charge in [-0.1, -0.05) is 6.07 Å². The number of nitro benzene ring substituents is 1. The van der Waals surface area contributed by atoms with Crippen molar-refractivity contribution in [3.8, 4) is 5.75 Å². The first kappa shape index (κ1) is 19.0. The number of non-ortho nitro benzene ring substituents is 1. The molecule has 0 aromatic heterocycles. The van der Waals surface area contributed by atoms with Crippen LogP contribution in [0.4, 0.5) is 5.69 Å². The molecule has 1 fully saturated rings. The number of nitrogens with zero attached hydrogens (tertiary/aromatic N) is 2. The van der Waals surface area contributed by atoms with E-state index in [0.717, 1.165) is 6.07 Å². The SMILES string of the molecule is O=C(Oc1ccc(S(=O)(=O)N2CCOCC2)cc1)c1cccc([N+](=O)[O-])c1. The molecule has 0 radical (unpaired) electrons. The van der Waals surface area contributed by atoms with Gasteiger partial charge in [-0.2, -0.15) is 4.31 Å². The van der Waals surface area contributed by atoms with Crippen molar-refractivity contribution in [1.82, 2.24) is 4.31 Å². The first-order valence-electron chi connectivity index (χ1n) is 8.02. The number of carbonyl (C=O) groups excluding carboxylic acids is 1. The highest BCUT2D eigenvalue weighted by molar-refractivity contribution is 7.89. The van der Waals surface area contributed by atoms with E-state index in [-0.39, 0.29) is 35.0 Å². The third-order valence-electron chi connectivity index (χ3n) is 3.93. The average molecular weight is 392 g/mol. The maximum atomic E-state index is 12.5. The zero-order chi connectivity index (χ0) is 19.4. The van der Waals surface area contributed by atoms with Gasteiger partial charge in [-0.15, -0.1) is 0 Å². The van der Waals surface area contributed by atoms with E-state index in [0.29, 0.717) is 13.2 Å². The second kappa shape index (κ2) is 7.82. The van der Waals surface area contributed by atoms with Gasteiger partial charge in [0.15, 0.2) is 0 Å². The van der Waals surface area contributed by atoms with E-state index in [2.05, 4.69) is 0 Å². The maximum Gasteiger partial charge on any atom is 0.343 e. The van der Waals surface area contributed by atoms with Crippen molar-refractivity contribution >= 4 is 21.7 Å². The largest absolute Gasteiger partial charge is 0.423 e. The Hall–Kier alpha value is -2.82. The Balaban J connectivity index is 1.73. The predicted molar refractivity (Wildman–Crippen MR) is 94.1 cm³/mol. The molecule has 1 aliphatic heterocycles. The van der Waals surface area contributed by atoms with Crippen molar-refractivity contribution in [2.75, 3.05) is 26.3 Å². The molecule has 0 atom stereocenters. The molecule has 1 aliphatic rings. The summed E-state index contributed by atoms with van der Waals surface area (Å²) in [6.45, 7) is 1.26. The number of esters is 1. The third-order valence-corrected chi connectivity index (χ3v) is 5.85. The lowest BCUT2D eigenvalue weighted by molar-refractivity contribution is -0.384. The Kier molecular flexibility index (Phi) is 5.49. The molecule has 0 saturated carbocycles. The van der Waals surface area contributed by atoms with Gasteiger partial charge in [0, 0.05) is 25.2 Å². The molecular formula is C17H16N2O7S. The highest BCUT2D eigenvalue weighted by atomic mass is 32.2. The minimum atomic E-state index is -3.64. The second-order valence-corrected chi connectivity index (χ2v) is 7.62. The van der Waals surface area contributed by atoms with Crippen LogP contribution in [-0.4, -0.2) is 49.9 Å². The van der Waals surface area contributed by atoms with Crippen molar-refractivity contribution in [1.29, 1.82) is 0 Å². The number of rotatable bonds is 5. The first-order chi connectivity index (χ1) is 12.9. The summed E-state index contributed by atoms with van der Waals surface area (Å²) < 4.78 is 36.7. The molecule has 10 heteroatoms. The van der Waals surface area contributed by atoms with E-state index in [1.165, 1.54) is 46.8 Å². The summed E-state index contributed by atoms with van der Waals surface area (Å²) in [5, 5.41) is 10.8. The predicted octanol–water partition coefficient (Wildman–Crippen LogP) is 1.83. The second-order valence-electron chi connectivity index (χ2n) is 5.68. The van der Waals surface area contributed by atoms with Gasteiger partial charge >= 0.3 is 5.97 Å². The molecule has 1 heterocycles. The first-order valence-corrected chi connectivity index (χ1v) is 9.46. The summed E-state index contributed by atoms with van der Waals surface area (Å²) >= 11 is 0. The van der Waals surface area contributed by atoms with Gasteiger partial charge in [-0.25, -0.2) is 13.2 Å². The Morgan fingerprint density at radius 2 is 1.78 bits per heavy atom. The van der Waals surface area contributed by atoms with Crippen molar-refractivity contribution in [2.24, 2.45) is 0 Å². The van der Waals surface area contributed by atoms with Crippen LogP contribution in [-0.2, 0) is 14.8 Å². The summed E-state index contributed by atoms with van der Waals surface area (Å²) in [6, 6.07) is 10.6. The van der Waals surface area contributed by atoms with Gasteiger partial charge in [0.05, 0.1) is 28.6 Å². The van der Waals surface area contributed by atoms with Crippen LogP contribution in [0.2, 0.25) is 0 Å². The Labute approximate surface area is 155 Å². The van der Waals surface area contributed by atoms with Crippen LogP contribution in [0.5, 0.6) is 5.75 Å². The lowest BCUT2D eigenvalue weighted by Gasteiger charge is -2.26. The van der Waals surface area contributed by atoms with E-state index in [1.807, 2.05) is 0 Å². The van der Waals surface area contributed by atoms with Crippen LogP contribution in [0.1, 0.15) is 10.4 Å². The number of hydrogen-bond acceptors (Lipinski definition) is 7. The van der Waals surface area contributed by atoms with Gasteiger partial charge in [0.2, 0.25) is 10.0 Å². The van der Waals surface area contributed by atoms with Crippen LogP contribution in [0.15, 0.2) is 53.4 Å². The number of carbonyl (C=O) groups is 1. The lowest BCUT2D eigenvalue weighted by atomic mass is 10.2. The Morgan fingerprint density at radius 1 is 1.11 bits per heavy atom. The summed E-state index contributed by atoms with van der Waals surface area (Å²) in [4.78, 5) is 22.4. The summed E-state index contributed by atoms with van der Waals surface area (Å²) in [7, 11) is -3.64. The van der Waals surface area contributed by atoms with Gasteiger partial charge in [0.25, 0.3) is 5.69 Å². The summed E-state index contributed by atoms with van der Waals surface area (Å²) in [6.07, 6.45) is 0. The quantitative estimate of drug-likeness (QED) is 0.330. The molecule has 142 valence electrons. The van der Waals surface area contributed by atoms with Crippen LogP contribution in [0.25, 0.3) is 0 Å². The van der Waals surface area contributed by atoms with Gasteiger partial charge in [-0.3, -0.25) is 10.1 Å². The summed E-state index contributed by atoms with van der Waals surface area (Å²) in [5.74, 6) is -0.644. The Morgan fingerprint density at radius 3 is 2.41 bits per heavy atom. The van der Waals surface area contributed by atoms with Crippen molar-refractivity contribution in [2.45, 2.75) is 4.90 Å². The number of benzene rings is 2. The number of morpholine rings is 1. The average Bonchev–Trinajstić information content (AvgIpc) is 2.69. The molecule has 0 spiro atoms. The minimum absolute atomic E-state index is 0.0224. The van der Waals surface area contributed by atoms with Crippen LogP contribution in [0.3, 0.4) is 0 Å². The minimum Gasteiger partial charge on any atom is -0.423 e. The zero-order valence-electron chi connectivity index (χ0n) is 14.1. The number of sulfonamides is 1. The fraction of sp³-hybridized carbons (Fsp3) is 0.235. The molecule has 2 aromatic rings. The van der Waals surface area contributed by atoms with Crippen LogP contribution in [0, 0.1) is 10.1 Å².